The van der Waals surface area contributed by atoms with Crippen LogP contribution >= 0.6 is 0 Å². The van der Waals surface area contributed by atoms with Crippen molar-refractivity contribution in [2.75, 3.05) is 11.9 Å². The van der Waals surface area contributed by atoms with Crippen molar-refractivity contribution in [2.24, 2.45) is 5.92 Å². The van der Waals surface area contributed by atoms with Crippen LogP contribution in [0.4, 0.5) is 5.69 Å². The third kappa shape index (κ3) is 4.52. The summed E-state index contributed by atoms with van der Waals surface area (Å²) in [7, 11) is 1.78. The van der Waals surface area contributed by atoms with Crippen molar-refractivity contribution in [1.82, 2.24) is 0 Å². The standard InChI is InChI=1S/C20H23NO2/c1-3-16(20(23)17-10-6-4-7-11-17)14-15-19(22)21(2)18-12-8-5-9-13-18/h4-13,16H,3,14-15H2,1-2H3/t16-/m1/s1. The molecule has 0 aliphatic heterocycles. The number of hydrogen-bond acceptors (Lipinski definition) is 2. The van der Waals surface area contributed by atoms with Gasteiger partial charge in [0.05, 0.1) is 0 Å². The van der Waals surface area contributed by atoms with Gasteiger partial charge in [-0.3, -0.25) is 9.59 Å². The van der Waals surface area contributed by atoms with Crippen LogP contribution in [0.2, 0.25) is 0 Å². The number of carbonyl (C=O) groups excluding carboxylic acids is 2. The predicted molar refractivity (Wildman–Crippen MR) is 93.6 cm³/mol. The van der Waals surface area contributed by atoms with Crippen LogP contribution in [0.25, 0.3) is 0 Å². The van der Waals surface area contributed by atoms with Crippen LogP contribution in [-0.2, 0) is 4.79 Å². The molecule has 1 atom stereocenters. The van der Waals surface area contributed by atoms with Gasteiger partial charge in [0.1, 0.15) is 0 Å². The van der Waals surface area contributed by atoms with Gasteiger partial charge in [0.2, 0.25) is 5.91 Å². The van der Waals surface area contributed by atoms with Crippen LogP contribution < -0.4 is 4.90 Å². The number of nitrogens with zero attached hydrogens (tertiary/aromatic N) is 1. The Kier molecular flexibility index (Phi) is 6.10. The number of amides is 1. The molecular weight excluding hydrogens is 286 g/mol. The van der Waals surface area contributed by atoms with Gasteiger partial charge in [-0.15, -0.1) is 0 Å². The zero-order valence-electron chi connectivity index (χ0n) is 13.7. The molecular formula is C20H23NO2. The van der Waals surface area contributed by atoms with Gasteiger partial charge in [-0.05, 0) is 25.0 Å². The van der Waals surface area contributed by atoms with E-state index in [-0.39, 0.29) is 17.6 Å². The monoisotopic (exact) mass is 309 g/mol. The lowest BCUT2D eigenvalue weighted by Gasteiger charge is -2.19. The lowest BCUT2D eigenvalue weighted by Crippen LogP contribution is -2.27. The Morgan fingerprint density at radius 2 is 1.52 bits per heavy atom. The van der Waals surface area contributed by atoms with E-state index in [1.165, 1.54) is 0 Å². The van der Waals surface area contributed by atoms with Crippen molar-refractivity contribution in [1.29, 1.82) is 0 Å². The number of carbonyl (C=O) groups is 2. The quantitative estimate of drug-likeness (QED) is 0.714. The fourth-order valence-electron chi connectivity index (χ4n) is 2.62. The van der Waals surface area contributed by atoms with Crippen LogP contribution in [0.3, 0.4) is 0 Å². The van der Waals surface area contributed by atoms with Gasteiger partial charge in [0.25, 0.3) is 0 Å². The molecule has 23 heavy (non-hydrogen) atoms. The topological polar surface area (TPSA) is 37.4 Å². The highest BCUT2D eigenvalue weighted by Gasteiger charge is 2.20. The number of para-hydroxylation sites is 1. The zero-order chi connectivity index (χ0) is 16.7. The Hall–Kier alpha value is -2.42. The van der Waals surface area contributed by atoms with E-state index in [4.69, 9.17) is 0 Å². The maximum Gasteiger partial charge on any atom is 0.226 e. The number of Topliss-reactive ketones (excluding diaryl/α,β-unsaturated/α-hetero) is 1. The Morgan fingerprint density at radius 1 is 0.957 bits per heavy atom. The van der Waals surface area contributed by atoms with E-state index in [1.54, 1.807) is 11.9 Å². The van der Waals surface area contributed by atoms with E-state index in [2.05, 4.69) is 0 Å². The second-order valence-corrected chi connectivity index (χ2v) is 5.66. The van der Waals surface area contributed by atoms with Crippen molar-refractivity contribution in [2.45, 2.75) is 26.2 Å². The van der Waals surface area contributed by atoms with E-state index in [1.807, 2.05) is 67.6 Å². The normalized spacial score (nSPS) is 11.7. The highest BCUT2D eigenvalue weighted by molar-refractivity contribution is 5.98. The number of rotatable bonds is 7. The summed E-state index contributed by atoms with van der Waals surface area (Å²) in [6.07, 6.45) is 1.71. The predicted octanol–water partition coefficient (Wildman–Crippen LogP) is 4.34. The summed E-state index contributed by atoms with van der Waals surface area (Å²) in [6, 6.07) is 18.9. The van der Waals surface area contributed by atoms with Crippen molar-refractivity contribution < 1.29 is 9.59 Å². The minimum Gasteiger partial charge on any atom is -0.316 e. The fourth-order valence-corrected chi connectivity index (χ4v) is 2.62. The third-order valence-electron chi connectivity index (χ3n) is 4.15. The summed E-state index contributed by atoms with van der Waals surface area (Å²) < 4.78 is 0. The molecule has 2 rings (SSSR count). The largest absolute Gasteiger partial charge is 0.316 e. The Labute approximate surface area is 137 Å². The maximum atomic E-state index is 12.5. The number of benzene rings is 2. The number of anilines is 1. The summed E-state index contributed by atoms with van der Waals surface area (Å²) >= 11 is 0. The summed E-state index contributed by atoms with van der Waals surface area (Å²) in [4.78, 5) is 26.5. The van der Waals surface area contributed by atoms with Gasteiger partial charge in [0.15, 0.2) is 5.78 Å². The first kappa shape index (κ1) is 16.9. The first-order valence-corrected chi connectivity index (χ1v) is 8.04. The second kappa shape index (κ2) is 8.28. The van der Waals surface area contributed by atoms with Gasteiger partial charge in [-0.2, -0.15) is 0 Å². The van der Waals surface area contributed by atoms with Gasteiger partial charge in [0, 0.05) is 30.6 Å². The third-order valence-corrected chi connectivity index (χ3v) is 4.15. The van der Waals surface area contributed by atoms with E-state index in [0.717, 1.165) is 17.7 Å². The van der Waals surface area contributed by atoms with Crippen LogP contribution in [0, 0.1) is 5.92 Å². The average molecular weight is 309 g/mol. The smallest absolute Gasteiger partial charge is 0.226 e. The van der Waals surface area contributed by atoms with Crippen molar-refractivity contribution in [3.05, 3.63) is 66.2 Å². The molecule has 0 aliphatic rings. The molecule has 0 aliphatic carbocycles. The second-order valence-electron chi connectivity index (χ2n) is 5.66. The maximum absolute atomic E-state index is 12.5. The summed E-state index contributed by atoms with van der Waals surface area (Å²) in [6.45, 7) is 2.00. The fraction of sp³-hybridized carbons (Fsp3) is 0.300. The van der Waals surface area contributed by atoms with Gasteiger partial charge < -0.3 is 4.90 Å². The van der Waals surface area contributed by atoms with E-state index in [0.29, 0.717) is 12.8 Å². The summed E-state index contributed by atoms with van der Waals surface area (Å²) in [5, 5.41) is 0. The molecule has 0 bridgehead atoms. The molecule has 120 valence electrons. The highest BCUT2D eigenvalue weighted by atomic mass is 16.2. The molecule has 0 heterocycles. The van der Waals surface area contributed by atoms with Crippen molar-refractivity contribution in [3.8, 4) is 0 Å². The molecule has 0 saturated heterocycles. The Bertz CT molecular complexity index is 637. The minimum absolute atomic E-state index is 0.0375. The molecule has 0 saturated carbocycles. The SMILES string of the molecule is CC[C@H](CCC(=O)N(C)c1ccccc1)C(=O)c1ccccc1. The first-order valence-electron chi connectivity index (χ1n) is 8.04. The molecule has 2 aromatic rings. The van der Waals surface area contributed by atoms with Gasteiger partial charge in [-0.1, -0.05) is 55.5 Å². The summed E-state index contributed by atoms with van der Waals surface area (Å²) in [5.41, 5.74) is 1.60. The van der Waals surface area contributed by atoms with Crippen LogP contribution in [0.5, 0.6) is 0 Å². The lowest BCUT2D eigenvalue weighted by molar-refractivity contribution is -0.118. The molecule has 3 nitrogen and oxygen atoms in total. The van der Waals surface area contributed by atoms with Gasteiger partial charge in [-0.25, -0.2) is 0 Å². The van der Waals surface area contributed by atoms with E-state index in [9.17, 15) is 9.59 Å². The molecule has 2 aromatic carbocycles. The average Bonchev–Trinajstić information content (AvgIpc) is 2.62. The first-order chi connectivity index (χ1) is 11.1. The van der Waals surface area contributed by atoms with Crippen molar-refractivity contribution in [3.63, 3.8) is 0 Å². The number of hydrogen-bond donors (Lipinski definition) is 0. The summed E-state index contributed by atoms with van der Waals surface area (Å²) in [5.74, 6) is 0.0595. The van der Waals surface area contributed by atoms with Crippen LogP contribution in [0.15, 0.2) is 60.7 Å². The molecule has 0 unspecified atom stereocenters. The molecule has 0 spiro atoms. The lowest BCUT2D eigenvalue weighted by atomic mass is 9.91. The molecule has 0 N–H and O–H groups in total. The Morgan fingerprint density at radius 3 is 2.09 bits per heavy atom. The Balaban J connectivity index is 1.95. The molecule has 0 fully saturated rings. The molecule has 0 radical (unpaired) electrons. The van der Waals surface area contributed by atoms with E-state index >= 15 is 0 Å². The van der Waals surface area contributed by atoms with Gasteiger partial charge >= 0.3 is 0 Å². The zero-order valence-corrected chi connectivity index (χ0v) is 13.7. The molecule has 3 heteroatoms. The number of ketones is 1. The minimum atomic E-state index is -0.106. The van der Waals surface area contributed by atoms with Crippen LogP contribution in [-0.4, -0.2) is 18.7 Å². The molecule has 0 aromatic heterocycles. The van der Waals surface area contributed by atoms with Crippen molar-refractivity contribution >= 4 is 17.4 Å². The molecule has 1 amide bonds. The van der Waals surface area contributed by atoms with E-state index < -0.39 is 0 Å². The van der Waals surface area contributed by atoms with Crippen LogP contribution in [0.1, 0.15) is 36.5 Å². The highest BCUT2D eigenvalue weighted by Crippen LogP contribution is 2.20.